The van der Waals surface area contributed by atoms with Crippen molar-refractivity contribution in [2.45, 2.75) is 33.6 Å². The lowest BCUT2D eigenvalue weighted by molar-refractivity contribution is 0.0993. The Bertz CT molecular complexity index is 572. The molecular formula is C15H16O2. The van der Waals surface area contributed by atoms with E-state index in [1.807, 2.05) is 6.92 Å². The molecule has 1 aromatic rings. The fourth-order valence-corrected chi connectivity index (χ4v) is 3.16. The molecule has 0 amide bonds. The first-order valence-corrected chi connectivity index (χ1v) is 6.02. The minimum atomic E-state index is -0.170. The number of aryl methyl sites for hydroxylation is 1. The number of rotatable bonds is 0. The third-order valence-corrected chi connectivity index (χ3v) is 3.94. The second kappa shape index (κ2) is 3.22. The average Bonchev–Trinajstić information content (AvgIpc) is 2.59. The van der Waals surface area contributed by atoms with Gasteiger partial charge in [0.25, 0.3) is 0 Å². The second-order valence-electron chi connectivity index (χ2n) is 5.40. The highest BCUT2D eigenvalue weighted by Gasteiger charge is 2.42. The van der Waals surface area contributed by atoms with E-state index in [1.165, 1.54) is 5.57 Å². The lowest BCUT2D eigenvalue weighted by atomic mass is 9.66. The third kappa shape index (κ3) is 1.30. The summed E-state index contributed by atoms with van der Waals surface area (Å²) in [7, 11) is 0. The van der Waals surface area contributed by atoms with Crippen molar-refractivity contribution < 1.29 is 9.21 Å². The molecule has 0 fully saturated rings. The fraction of sp³-hybridized carbons (Fsp3) is 0.400. The van der Waals surface area contributed by atoms with E-state index in [-0.39, 0.29) is 11.2 Å². The zero-order valence-electron chi connectivity index (χ0n) is 10.5. The largest absolute Gasteiger partial charge is 0.468 e. The molecule has 3 rings (SSSR count). The first-order chi connectivity index (χ1) is 8.03. The maximum atomic E-state index is 12.6. The molecule has 1 aromatic heterocycles. The van der Waals surface area contributed by atoms with Gasteiger partial charge in [0.05, 0.1) is 11.8 Å². The number of hydrogen-bond donors (Lipinski definition) is 0. The summed E-state index contributed by atoms with van der Waals surface area (Å²) in [5.41, 5.74) is 3.77. The highest BCUT2D eigenvalue weighted by Crippen LogP contribution is 2.46. The molecule has 0 aliphatic heterocycles. The first kappa shape index (κ1) is 10.6. The molecule has 88 valence electrons. The summed E-state index contributed by atoms with van der Waals surface area (Å²) in [5.74, 6) is 1.01. The van der Waals surface area contributed by atoms with Gasteiger partial charge in [0, 0.05) is 17.4 Å². The van der Waals surface area contributed by atoms with Gasteiger partial charge in [-0.05, 0) is 25.8 Å². The molecule has 2 aliphatic carbocycles. The van der Waals surface area contributed by atoms with E-state index >= 15 is 0 Å². The van der Waals surface area contributed by atoms with Crippen molar-refractivity contribution in [3.63, 3.8) is 0 Å². The number of carbonyl (C=O) groups is 1. The van der Waals surface area contributed by atoms with Gasteiger partial charge in [0.1, 0.15) is 5.76 Å². The van der Waals surface area contributed by atoms with Gasteiger partial charge in [-0.1, -0.05) is 24.6 Å². The lowest BCUT2D eigenvalue weighted by Crippen LogP contribution is -2.33. The Kier molecular flexibility index (Phi) is 2.00. The molecule has 0 aromatic carbocycles. The van der Waals surface area contributed by atoms with Crippen molar-refractivity contribution in [3.05, 3.63) is 46.4 Å². The van der Waals surface area contributed by atoms with Gasteiger partial charge in [-0.3, -0.25) is 4.79 Å². The van der Waals surface area contributed by atoms with Crippen LogP contribution in [0.5, 0.6) is 0 Å². The van der Waals surface area contributed by atoms with E-state index in [0.29, 0.717) is 0 Å². The summed E-state index contributed by atoms with van der Waals surface area (Å²) in [4.78, 5) is 12.6. The Labute approximate surface area is 101 Å². The Morgan fingerprint density at radius 3 is 2.88 bits per heavy atom. The maximum absolute atomic E-state index is 12.6. The van der Waals surface area contributed by atoms with E-state index in [4.69, 9.17) is 4.42 Å². The summed E-state index contributed by atoms with van der Waals surface area (Å²) >= 11 is 0. The van der Waals surface area contributed by atoms with Crippen LogP contribution in [0.25, 0.3) is 0 Å². The molecule has 0 bridgehead atoms. The van der Waals surface area contributed by atoms with Crippen molar-refractivity contribution >= 4 is 5.78 Å². The number of Topliss-reactive ketones (excluding diaryl/α,β-unsaturated/α-hetero) is 1. The fourth-order valence-electron chi connectivity index (χ4n) is 3.16. The SMILES string of the molecule is CC1=C2C(=O)c3c(C)coc3CC2(C)C=CC1. The smallest absolute Gasteiger partial charge is 0.193 e. The normalized spacial score (nSPS) is 27.1. The van der Waals surface area contributed by atoms with Crippen LogP contribution < -0.4 is 0 Å². The van der Waals surface area contributed by atoms with Crippen molar-refractivity contribution in [3.8, 4) is 0 Å². The number of hydrogen-bond acceptors (Lipinski definition) is 2. The standard InChI is InChI=1S/C15H16O2/c1-9-5-4-6-15(3)7-11-12(10(2)8-17-11)14(16)13(9)15/h4,6,8H,5,7H2,1-3H3. The first-order valence-electron chi connectivity index (χ1n) is 6.02. The molecule has 2 heteroatoms. The van der Waals surface area contributed by atoms with Crippen LogP contribution in [0.2, 0.25) is 0 Å². The maximum Gasteiger partial charge on any atom is 0.193 e. The van der Waals surface area contributed by atoms with Crippen molar-refractivity contribution in [1.82, 2.24) is 0 Å². The van der Waals surface area contributed by atoms with Gasteiger partial charge in [-0.2, -0.15) is 0 Å². The molecule has 0 saturated heterocycles. The van der Waals surface area contributed by atoms with E-state index < -0.39 is 0 Å². The summed E-state index contributed by atoms with van der Waals surface area (Å²) in [6.07, 6.45) is 7.71. The zero-order valence-corrected chi connectivity index (χ0v) is 10.5. The Morgan fingerprint density at radius 1 is 1.35 bits per heavy atom. The van der Waals surface area contributed by atoms with Gasteiger partial charge in [0.15, 0.2) is 5.78 Å². The van der Waals surface area contributed by atoms with Gasteiger partial charge >= 0.3 is 0 Å². The summed E-state index contributed by atoms with van der Waals surface area (Å²) < 4.78 is 5.53. The van der Waals surface area contributed by atoms with Gasteiger partial charge < -0.3 is 4.42 Å². The Morgan fingerprint density at radius 2 is 2.12 bits per heavy atom. The second-order valence-corrected chi connectivity index (χ2v) is 5.40. The Balaban J connectivity index is 2.27. The van der Waals surface area contributed by atoms with Crippen LogP contribution >= 0.6 is 0 Å². The number of allylic oxidation sites excluding steroid dienone is 4. The minimum Gasteiger partial charge on any atom is -0.468 e. The molecule has 2 aliphatic rings. The average molecular weight is 228 g/mol. The summed E-state index contributed by atoms with van der Waals surface area (Å²) in [6.45, 7) is 6.13. The molecule has 2 nitrogen and oxygen atoms in total. The van der Waals surface area contributed by atoms with Crippen molar-refractivity contribution in [1.29, 1.82) is 0 Å². The van der Waals surface area contributed by atoms with Gasteiger partial charge in [0.2, 0.25) is 0 Å². The van der Waals surface area contributed by atoms with E-state index in [2.05, 4.69) is 26.0 Å². The topological polar surface area (TPSA) is 30.2 Å². The molecule has 0 saturated carbocycles. The molecular weight excluding hydrogens is 212 g/mol. The highest BCUT2D eigenvalue weighted by atomic mass is 16.3. The van der Waals surface area contributed by atoms with E-state index in [9.17, 15) is 4.79 Å². The molecule has 0 spiro atoms. The van der Waals surface area contributed by atoms with Gasteiger partial charge in [-0.15, -0.1) is 0 Å². The Hall–Kier alpha value is -1.57. The molecule has 1 atom stereocenters. The van der Waals surface area contributed by atoms with Crippen molar-refractivity contribution in [2.24, 2.45) is 5.41 Å². The van der Waals surface area contributed by atoms with Crippen LogP contribution in [0.1, 0.15) is 41.9 Å². The predicted octanol–water partition coefficient (Wildman–Crippen LogP) is 3.61. The minimum absolute atomic E-state index is 0.168. The molecule has 1 unspecified atom stereocenters. The van der Waals surface area contributed by atoms with Crippen LogP contribution in [0, 0.1) is 12.3 Å². The zero-order chi connectivity index (χ0) is 12.2. The molecule has 0 N–H and O–H groups in total. The molecule has 17 heavy (non-hydrogen) atoms. The van der Waals surface area contributed by atoms with Crippen LogP contribution in [0.3, 0.4) is 0 Å². The highest BCUT2D eigenvalue weighted by molar-refractivity contribution is 6.13. The summed E-state index contributed by atoms with van der Waals surface area (Å²) in [5, 5.41) is 0. The van der Waals surface area contributed by atoms with Crippen LogP contribution in [-0.2, 0) is 6.42 Å². The quantitative estimate of drug-likeness (QED) is 0.635. The molecule has 0 radical (unpaired) electrons. The number of furan rings is 1. The number of ketones is 1. The lowest BCUT2D eigenvalue weighted by Gasteiger charge is -2.35. The van der Waals surface area contributed by atoms with E-state index in [0.717, 1.165) is 35.3 Å². The van der Waals surface area contributed by atoms with Crippen LogP contribution in [-0.4, -0.2) is 5.78 Å². The summed E-state index contributed by atoms with van der Waals surface area (Å²) in [6, 6.07) is 0. The number of fused-ring (bicyclic) bond motifs is 2. The third-order valence-electron chi connectivity index (χ3n) is 3.94. The van der Waals surface area contributed by atoms with Crippen molar-refractivity contribution in [2.75, 3.05) is 0 Å². The van der Waals surface area contributed by atoms with E-state index in [1.54, 1.807) is 6.26 Å². The predicted molar refractivity (Wildman–Crippen MR) is 66.0 cm³/mol. The van der Waals surface area contributed by atoms with Gasteiger partial charge in [-0.25, -0.2) is 0 Å². The van der Waals surface area contributed by atoms with Crippen LogP contribution in [0.4, 0.5) is 0 Å². The van der Waals surface area contributed by atoms with Crippen LogP contribution in [0.15, 0.2) is 34.0 Å². The number of carbonyl (C=O) groups excluding carboxylic acids is 1. The molecule has 1 heterocycles. The monoisotopic (exact) mass is 228 g/mol.